The Morgan fingerprint density at radius 1 is 0.857 bits per heavy atom. The lowest BCUT2D eigenvalue weighted by atomic mass is 10.1. The lowest BCUT2D eigenvalue weighted by molar-refractivity contribution is 0.400. The molecule has 4 rings (SSSR count). The van der Waals surface area contributed by atoms with Crippen LogP contribution in [0, 0.1) is 6.92 Å². The SMILES string of the molecule is Cc1cc(Nc2nc(NCCc3ccccc3)cc(-c3ccccc3)n2)no1. The van der Waals surface area contributed by atoms with Crippen molar-refractivity contribution < 1.29 is 4.52 Å². The van der Waals surface area contributed by atoms with Crippen LogP contribution < -0.4 is 10.6 Å². The van der Waals surface area contributed by atoms with Crippen LogP contribution >= 0.6 is 0 Å². The average Bonchev–Trinajstić information content (AvgIpc) is 3.14. The van der Waals surface area contributed by atoms with E-state index in [-0.39, 0.29) is 0 Å². The second-order valence-corrected chi connectivity index (χ2v) is 6.44. The molecule has 0 fully saturated rings. The van der Waals surface area contributed by atoms with Crippen LogP contribution in [-0.4, -0.2) is 21.7 Å². The number of aryl methyl sites for hydroxylation is 1. The molecule has 6 nitrogen and oxygen atoms in total. The van der Waals surface area contributed by atoms with Crippen molar-refractivity contribution in [3.63, 3.8) is 0 Å². The number of nitrogens with one attached hydrogen (secondary N) is 2. The molecule has 2 aromatic heterocycles. The molecule has 0 atom stereocenters. The molecule has 0 unspecified atom stereocenters. The first-order valence-corrected chi connectivity index (χ1v) is 9.19. The Bertz CT molecular complexity index is 1030. The number of nitrogens with zero attached hydrogens (tertiary/aromatic N) is 3. The minimum absolute atomic E-state index is 0.469. The summed E-state index contributed by atoms with van der Waals surface area (Å²) in [4.78, 5) is 9.21. The molecule has 0 spiro atoms. The summed E-state index contributed by atoms with van der Waals surface area (Å²) in [5.74, 6) is 2.53. The van der Waals surface area contributed by atoms with E-state index in [0.717, 1.165) is 35.8 Å². The Hall–Kier alpha value is -3.67. The van der Waals surface area contributed by atoms with Crippen molar-refractivity contribution in [3.8, 4) is 11.3 Å². The Morgan fingerprint density at radius 3 is 2.32 bits per heavy atom. The van der Waals surface area contributed by atoms with Gasteiger partial charge in [-0.3, -0.25) is 0 Å². The molecule has 0 aliphatic rings. The molecule has 140 valence electrons. The summed E-state index contributed by atoms with van der Waals surface area (Å²) in [7, 11) is 0. The summed E-state index contributed by atoms with van der Waals surface area (Å²) in [5, 5.41) is 10.5. The molecule has 2 heterocycles. The van der Waals surface area contributed by atoms with Crippen molar-refractivity contribution >= 4 is 17.6 Å². The van der Waals surface area contributed by atoms with Gasteiger partial charge in [0.1, 0.15) is 11.6 Å². The zero-order valence-electron chi connectivity index (χ0n) is 15.6. The fourth-order valence-corrected chi connectivity index (χ4v) is 2.87. The van der Waals surface area contributed by atoms with Crippen LogP contribution in [0.1, 0.15) is 11.3 Å². The van der Waals surface area contributed by atoms with E-state index in [0.29, 0.717) is 11.8 Å². The van der Waals surface area contributed by atoms with Gasteiger partial charge >= 0.3 is 0 Å². The molecule has 0 aliphatic carbocycles. The van der Waals surface area contributed by atoms with E-state index in [1.54, 1.807) is 6.07 Å². The van der Waals surface area contributed by atoms with Crippen LogP contribution in [0.15, 0.2) is 77.3 Å². The molecule has 0 aliphatic heterocycles. The zero-order chi connectivity index (χ0) is 19.2. The third-order valence-corrected chi connectivity index (χ3v) is 4.23. The Morgan fingerprint density at radius 2 is 1.61 bits per heavy atom. The molecule has 28 heavy (non-hydrogen) atoms. The minimum atomic E-state index is 0.469. The van der Waals surface area contributed by atoms with Crippen molar-refractivity contribution in [2.75, 3.05) is 17.2 Å². The van der Waals surface area contributed by atoms with Crippen LogP contribution in [0.2, 0.25) is 0 Å². The van der Waals surface area contributed by atoms with E-state index in [1.807, 2.05) is 49.4 Å². The first-order chi connectivity index (χ1) is 13.8. The van der Waals surface area contributed by atoms with Gasteiger partial charge in [-0.05, 0) is 18.9 Å². The highest BCUT2D eigenvalue weighted by molar-refractivity contribution is 5.65. The predicted octanol–water partition coefficient (Wildman–Crippen LogP) is 4.84. The average molecular weight is 371 g/mol. The van der Waals surface area contributed by atoms with Gasteiger partial charge in [-0.25, -0.2) is 4.98 Å². The first-order valence-electron chi connectivity index (χ1n) is 9.19. The maximum atomic E-state index is 5.11. The maximum absolute atomic E-state index is 5.11. The van der Waals surface area contributed by atoms with Crippen molar-refractivity contribution in [2.24, 2.45) is 0 Å². The van der Waals surface area contributed by atoms with Crippen LogP contribution in [0.5, 0.6) is 0 Å². The van der Waals surface area contributed by atoms with Gasteiger partial charge in [0.2, 0.25) is 5.95 Å². The predicted molar refractivity (Wildman–Crippen MR) is 111 cm³/mol. The van der Waals surface area contributed by atoms with Gasteiger partial charge in [0.05, 0.1) is 5.69 Å². The molecule has 2 N–H and O–H groups in total. The molecular weight excluding hydrogens is 350 g/mol. The molecule has 6 heteroatoms. The quantitative estimate of drug-likeness (QED) is 0.484. The summed E-state index contributed by atoms with van der Waals surface area (Å²) < 4.78 is 5.11. The van der Waals surface area contributed by atoms with Gasteiger partial charge in [-0.15, -0.1) is 0 Å². The van der Waals surface area contributed by atoms with Gasteiger partial charge in [0, 0.05) is 24.2 Å². The lowest BCUT2D eigenvalue weighted by Gasteiger charge is -2.10. The fourth-order valence-electron chi connectivity index (χ4n) is 2.87. The van der Waals surface area contributed by atoms with E-state index >= 15 is 0 Å². The van der Waals surface area contributed by atoms with Gasteiger partial charge in [0.15, 0.2) is 5.82 Å². The summed E-state index contributed by atoms with van der Waals surface area (Å²) in [6.07, 6.45) is 0.913. The first kappa shape index (κ1) is 17.7. The zero-order valence-corrected chi connectivity index (χ0v) is 15.6. The van der Waals surface area contributed by atoms with Crippen LogP contribution in [0.3, 0.4) is 0 Å². The third-order valence-electron chi connectivity index (χ3n) is 4.23. The highest BCUT2D eigenvalue weighted by Gasteiger charge is 2.09. The van der Waals surface area contributed by atoms with Gasteiger partial charge in [0.25, 0.3) is 0 Å². The number of benzene rings is 2. The Labute approximate surface area is 163 Å². The summed E-state index contributed by atoms with van der Waals surface area (Å²) >= 11 is 0. The highest BCUT2D eigenvalue weighted by Crippen LogP contribution is 2.23. The summed E-state index contributed by atoms with van der Waals surface area (Å²) in [6.45, 7) is 2.62. The second kappa shape index (κ2) is 8.35. The lowest BCUT2D eigenvalue weighted by Crippen LogP contribution is -2.08. The van der Waals surface area contributed by atoms with E-state index in [9.17, 15) is 0 Å². The molecule has 0 radical (unpaired) electrons. The van der Waals surface area contributed by atoms with Crippen LogP contribution in [0.4, 0.5) is 17.6 Å². The van der Waals surface area contributed by atoms with Crippen molar-refractivity contribution in [1.29, 1.82) is 0 Å². The second-order valence-electron chi connectivity index (χ2n) is 6.44. The summed E-state index contributed by atoms with van der Waals surface area (Å²) in [5.41, 5.74) is 3.14. The topological polar surface area (TPSA) is 75.9 Å². The standard InChI is InChI=1S/C22H21N5O/c1-16-14-21(27-28-16)26-22-24-19(18-10-6-3-7-11-18)15-20(25-22)23-13-12-17-8-4-2-5-9-17/h2-11,14-15H,12-13H2,1H3,(H2,23,24,25,26,27). The largest absolute Gasteiger partial charge is 0.370 e. The Kier molecular flexibility index (Phi) is 5.29. The third kappa shape index (κ3) is 4.54. The number of anilines is 3. The Balaban J connectivity index is 1.56. The van der Waals surface area contributed by atoms with E-state index < -0.39 is 0 Å². The van der Waals surface area contributed by atoms with Gasteiger partial charge in [-0.2, -0.15) is 4.98 Å². The highest BCUT2D eigenvalue weighted by atomic mass is 16.5. The number of aromatic nitrogens is 3. The number of hydrogen-bond acceptors (Lipinski definition) is 6. The van der Waals surface area contributed by atoms with E-state index in [2.05, 4.69) is 50.0 Å². The normalized spacial score (nSPS) is 10.6. The van der Waals surface area contributed by atoms with Crippen LogP contribution in [0.25, 0.3) is 11.3 Å². The smallest absolute Gasteiger partial charge is 0.231 e. The van der Waals surface area contributed by atoms with Gasteiger partial charge < -0.3 is 15.2 Å². The van der Waals surface area contributed by atoms with Crippen molar-refractivity contribution in [3.05, 3.63) is 84.1 Å². The number of rotatable bonds is 7. The molecule has 4 aromatic rings. The fraction of sp³-hybridized carbons (Fsp3) is 0.136. The minimum Gasteiger partial charge on any atom is -0.370 e. The molecular formula is C22H21N5O. The molecule has 0 bridgehead atoms. The van der Waals surface area contributed by atoms with Crippen LogP contribution in [-0.2, 0) is 6.42 Å². The summed E-state index contributed by atoms with van der Waals surface area (Å²) in [6, 6.07) is 24.2. The van der Waals surface area contributed by atoms with E-state index in [4.69, 9.17) is 4.52 Å². The van der Waals surface area contributed by atoms with Crippen molar-refractivity contribution in [1.82, 2.24) is 15.1 Å². The molecule has 0 amide bonds. The van der Waals surface area contributed by atoms with E-state index in [1.165, 1.54) is 5.56 Å². The van der Waals surface area contributed by atoms with Crippen molar-refractivity contribution in [2.45, 2.75) is 13.3 Å². The molecule has 0 saturated carbocycles. The maximum Gasteiger partial charge on any atom is 0.231 e. The number of hydrogen-bond donors (Lipinski definition) is 2. The van der Waals surface area contributed by atoms with Gasteiger partial charge in [-0.1, -0.05) is 65.8 Å². The molecule has 2 aromatic carbocycles. The molecule has 0 saturated heterocycles. The monoisotopic (exact) mass is 371 g/mol.